The summed E-state index contributed by atoms with van der Waals surface area (Å²) in [6, 6.07) is 7.80. The minimum absolute atomic E-state index is 0.394. The molecule has 15 heavy (non-hydrogen) atoms. The van der Waals surface area contributed by atoms with E-state index in [2.05, 4.69) is 22.6 Å². The van der Waals surface area contributed by atoms with Gasteiger partial charge >= 0.3 is 0 Å². The van der Waals surface area contributed by atoms with Crippen molar-refractivity contribution in [1.29, 1.82) is 0 Å². The molecule has 3 nitrogen and oxygen atoms in total. The van der Waals surface area contributed by atoms with Gasteiger partial charge in [-0.15, -0.1) is 0 Å². The van der Waals surface area contributed by atoms with Crippen molar-refractivity contribution in [3.63, 3.8) is 0 Å². The Balaban J connectivity index is 2.50. The van der Waals surface area contributed by atoms with Gasteiger partial charge in [0.05, 0.1) is 0 Å². The van der Waals surface area contributed by atoms with Crippen molar-refractivity contribution in [2.24, 2.45) is 0 Å². The van der Waals surface area contributed by atoms with Crippen LogP contribution in [0.1, 0.15) is 12.5 Å². The molecular formula is C11H15IO3. The lowest BCUT2D eigenvalue weighted by atomic mass is 10.1. The van der Waals surface area contributed by atoms with E-state index in [1.54, 1.807) is 6.92 Å². The second kappa shape index (κ2) is 6.42. The maximum Gasteiger partial charge on any atom is 0.181 e. The predicted molar refractivity (Wildman–Crippen MR) is 66.5 cm³/mol. The van der Waals surface area contributed by atoms with E-state index < -0.39 is 12.4 Å². The van der Waals surface area contributed by atoms with Crippen LogP contribution in [0.15, 0.2) is 24.3 Å². The van der Waals surface area contributed by atoms with Crippen LogP contribution in [0.5, 0.6) is 0 Å². The number of benzene rings is 1. The first-order valence-corrected chi connectivity index (χ1v) is 5.93. The van der Waals surface area contributed by atoms with Gasteiger partial charge < -0.3 is 14.9 Å². The lowest BCUT2D eigenvalue weighted by Crippen LogP contribution is -2.30. The van der Waals surface area contributed by atoms with Gasteiger partial charge in [0.1, 0.15) is 6.10 Å². The van der Waals surface area contributed by atoms with E-state index >= 15 is 0 Å². The Hall–Kier alpha value is -0.170. The number of hydrogen-bond acceptors (Lipinski definition) is 3. The van der Waals surface area contributed by atoms with E-state index in [1.165, 1.54) is 0 Å². The quantitative estimate of drug-likeness (QED) is 0.639. The maximum absolute atomic E-state index is 9.59. The number of rotatable bonds is 5. The van der Waals surface area contributed by atoms with Crippen LogP contribution in [0, 0.1) is 3.57 Å². The third-order valence-electron chi connectivity index (χ3n) is 2.02. The number of ether oxygens (including phenoxy) is 1. The largest absolute Gasteiger partial charge is 0.387 e. The molecule has 0 aromatic heterocycles. The highest BCUT2D eigenvalue weighted by Crippen LogP contribution is 2.10. The second-order valence-corrected chi connectivity index (χ2v) is 4.49. The molecule has 2 N–H and O–H groups in total. The molecule has 0 radical (unpaired) electrons. The standard InChI is InChI=1S/C11H15IO3/c1-2-15-11(14)10(13)7-8-3-5-9(12)6-4-8/h3-6,10-11,13-14H,2,7H2,1H3. The molecule has 84 valence electrons. The van der Waals surface area contributed by atoms with E-state index in [0.717, 1.165) is 9.13 Å². The SMILES string of the molecule is CCOC(O)C(O)Cc1ccc(I)cc1. The van der Waals surface area contributed by atoms with E-state index in [9.17, 15) is 10.2 Å². The normalized spacial score (nSPS) is 14.9. The van der Waals surface area contributed by atoms with Crippen LogP contribution in [0.3, 0.4) is 0 Å². The molecular weight excluding hydrogens is 307 g/mol. The van der Waals surface area contributed by atoms with Crippen molar-refractivity contribution in [2.75, 3.05) is 6.61 Å². The first-order valence-electron chi connectivity index (χ1n) is 4.85. The number of halogens is 1. The Morgan fingerprint density at radius 1 is 1.27 bits per heavy atom. The summed E-state index contributed by atoms with van der Waals surface area (Å²) in [6.45, 7) is 2.17. The van der Waals surface area contributed by atoms with Gasteiger partial charge in [-0.2, -0.15) is 0 Å². The Kier molecular flexibility index (Phi) is 5.52. The predicted octanol–water partition coefficient (Wildman–Crippen LogP) is 1.55. The van der Waals surface area contributed by atoms with Gasteiger partial charge in [-0.25, -0.2) is 0 Å². The Labute approximate surface area is 103 Å². The van der Waals surface area contributed by atoms with Crippen LogP contribution in [0.2, 0.25) is 0 Å². The highest BCUT2D eigenvalue weighted by Gasteiger charge is 2.16. The topological polar surface area (TPSA) is 49.7 Å². The average molecular weight is 322 g/mol. The van der Waals surface area contributed by atoms with Crippen molar-refractivity contribution in [1.82, 2.24) is 0 Å². The monoisotopic (exact) mass is 322 g/mol. The minimum Gasteiger partial charge on any atom is -0.387 e. The average Bonchev–Trinajstić information content (AvgIpc) is 2.22. The third kappa shape index (κ3) is 4.46. The van der Waals surface area contributed by atoms with Crippen molar-refractivity contribution in [3.05, 3.63) is 33.4 Å². The first-order chi connectivity index (χ1) is 7.13. The van der Waals surface area contributed by atoms with Gasteiger partial charge in [-0.1, -0.05) is 12.1 Å². The maximum atomic E-state index is 9.59. The fraction of sp³-hybridized carbons (Fsp3) is 0.455. The molecule has 0 bridgehead atoms. The summed E-state index contributed by atoms with van der Waals surface area (Å²) in [5, 5.41) is 19.0. The minimum atomic E-state index is -1.10. The zero-order chi connectivity index (χ0) is 11.3. The van der Waals surface area contributed by atoms with Gasteiger partial charge in [0.25, 0.3) is 0 Å². The molecule has 4 heteroatoms. The molecule has 2 atom stereocenters. The van der Waals surface area contributed by atoms with Gasteiger partial charge in [0.2, 0.25) is 0 Å². The zero-order valence-corrected chi connectivity index (χ0v) is 10.7. The van der Waals surface area contributed by atoms with Gasteiger partial charge in [0, 0.05) is 16.6 Å². The van der Waals surface area contributed by atoms with Crippen LogP contribution in [-0.2, 0) is 11.2 Å². The molecule has 0 aliphatic carbocycles. The Bertz CT molecular complexity index is 286. The van der Waals surface area contributed by atoms with Crippen LogP contribution in [-0.4, -0.2) is 29.2 Å². The van der Waals surface area contributed by atoms with Crippen LogP contribution >= 0.6 is 22.6 Å². The molecule has 1 rings (SSSR count). The van der Waals surface area contributed by atoms with E-state index in [1.807, 2.05) is 24.3 Å². The molecule has 2 unspecified atom stereocenters. The summed E-state index contributed by atoms with van der Waals surface area (Å²) in [4.78, 5) is 0. The summed E-state index contributed by atoms with van der Waals surface area (Å²) in [5.74, 6) is 0. The van der Waals surface area contributed by atoms with E-state index in [4.69, 9.17) is 4.74 Å². The lowest BCUT2D eigenvalue weighted by molar-refractivity contribution is -0.157. The van der Waals surface area contributed by atoms with E-state index in [-0.39, 0.29) is 0 Å². The Morgan fingerprint density at radius 3 is 2.40 bits per heavy atom. The highest BCUT2D eigenvalue weighted by molar-refractivity contribution is 14.1. The molecule has 0 aliphatic rings. The summed E-state index contributed by atoms with van der Waals surface area (Å²) in [7, 11) is 0. The smallest absolute Gasteiger partial charge is 0.181 e. The fourth-order valence-corrected chi connectivity index (χ4v) is 1.60. The first kappa shape index (κ1) is 12.9. The van der Waals surface area contributed by atoms with Gasteiger partial charge in [0.15, 0.2) is 6.29 Å². The van der Waals surface area contributed by atoms with Crippen molar-refractivity contribution in [3.8, 4) is 0 Å². The van der Waals surface area contributed by atoms with Crippen molar-refractivity contribution in [2.45, 2.75) is 25.7 Å². The molecule has 0 heterocycles. The highest BCUT2D eigenvalue weighted by atomic mass is 127. The third-order valence-corrected chi connectivity index (χ3v) is 2.74. The summed E-state index contributed by atoms with van der Waals surface area (Å²) in [5.41, 5.74) is 0.988. The Morgan fingerprint density at radius 2 is 1.87 bits per heavy atom. The van der Waals surface area contributed by atoms with E-state index in [0.29, 0.717) is 13.0 Å². The fourth-order valence-electron chi connectivity index (χ4n) is 1.24. The zero-order valence-electron chi connectivity index (χ0n) is 8.56. The van der Waals surface area contributed by atoms with Crippen LogP contribution < -0.4 is 0 Å². The van der Waals surface area contributed by atoms with Crippen LogP contribution in [0.25, 0.3) is 0 Å². The molecule has 0 saturated heterocycles. The van der Waals surface area contributed by atoms with Crippen molar-refractivity contribution < 1.29 is 14.9 Å². The number of aliphatic hydroxyl groups excluding tert-OH is 2. The molecule has 0 saturated carbocycles. The molecule has 0 amide bonds. The number of hydrogen-bond donors (Lipinski definition) is 2. The number of aliphatic hydroxyl groups is 2. The second-order valence-electron chi connectivity index (χ2n) is 3.24. The van der Waals surface area contributed by atoms with Crippen LogP contribution in [0.4, 0.5) is 0 Å². The molecule has 0 spiro atoms. The summed E-state index contributed by atoms with van der Waals surface area (Å²) < 4.78 is 6.05. The lowest BCUT2D eigenvalue weighted by Gasteiger charge is -2.17. The van der Waals surface area contributed by atoms with Gasteiger partial charge in [-0.3, -0.25) is 0 Å². The molecule has 1 aromatic rings. The molecule has 0 aliphatic heterocycles. The molecule has 1 aromatic carbocycles. The van der Waals surface area contributed by atoms with Crippen molar-refractivity contribution >= 4 is 22.6 Å². The molecule has 0 fully saturated rings. The summed E-state index contributed by atoms with van der Waals surface area (Å²) >= 11 is 2.22. The van der Waals surface area contributed by atoms with Gasteiger partial charge in [-0.05, 0) is 47.2 Å². The summed E-state index contributed by atoms with van der Waals surface area (Å²) in [6.07, 6.45) is -1.57.